The third kappa shape index (κ3) is 4.68. The summed E-state index contributed by atoms with van der Waals surface area (Å²) < 4.78 is 5.64. The van der Waals surface area contributed by atoms with E-state index < -0.39 is 0 Å². The van der Waals surface area contributed by atoms with Gasteiger partial charge in [-0.05, 0) is 50.6 Å². The second-order valence-electron chi connectivity index (χ2n) is 6.07. The van der Waals surface area contributed by atoms with Crippen molar-refractivity contribution < 1.29 is 9.53 Å². The minimum atomic E-state index is -0.329. The van der Waals surface area contributed by atoms with E-state index in [2.05, 4.69) is 30.2 Å². The van der Waals surface area contributed by atoms with Gasteiger partial charge in [0, 0.05) is 30.7 Å². The van der Waals surface area contributed by atoms with Crippen molar-refractivity contribution in [3.05, 3.63) is 36.0 Å². The van der Waals surface area contributed by atoms with Crippen molar-refractivity contribution in [3.8, 4) is 5.75 Å². The van der Waals surface area contributed by atoms with Crippen LogP contribution in [-0.2, 0) is 6.42 Å². The molecule has 0 saturated carbocycles. The van der Waals surface area contributed by atoms with Gasteiger partial charge in [0.1, 0.15) is 5.52 Å². The number of benzene rings is 1. The number of amides is 1. The van der Waals surface area contributed by atoms with Gasteiger partial charge >= 0.3 is 6.09 Å². The number of pyridine rings is 1. The van der Waals surface area contributed by atoms with Gasteiger partial charge in [-0.1, -0.05) is 19.9 Å². The lowest BCUT2D eigenvalue weighted by molar-refractivity contribution is 0.157. The first-order valence-electron chi connectivity index (χ1n) is 8.62. The Morgan fingerprint density at radius 3 is 2.71 bits per heavy atom. The molecule has 0 spiro atoms. The van der Waals surface area contributed by atoms with Crippen molar-refractivity contribution in [2.75, 3.05) is 19.6 Å². The molecule has 0 unspecified atom stereocenters. The molecule has 24 heavy (non-hydrogen) atoms. The highest BCUT2D eigenvalue weighted by Crippen LogP contribution is 2.26. The summed E-state index contributed by atoms with van der Waals surface area (Å²) >= 11 is 0. The van der Waals surface area contributed by atoms with Crippen LogP contribution in [0.3, 0.4) is 0 Å². The fraction of sp³-hybridized carbons (Fsp3) is 0.474. The molecule has 5 heteroatoms. The summed E-state index contributed by atoms with van der Waals surface area (Å²) in [5, 5.41) is 4.40. The molecule has 0 aliphatic heterocycles. The third-order valence-electron chi connectivity index (χ3n) is 3.91. The van der Waals surface area contributed by atoms with Gasteiger partial charge in [-0.25, -0.2) is 4.79 Å². The van der Waals surface area contributed by atoms with Gasteiger partial charge in [0.2, 0.25) is 0 Å². The summed E-state index contributed by atoms with van der Waals surface area (Å²) in [6.45, 7) is 10.3. The van der Waals surface area contributed by atoms with E-state index >= 15 is 0 Å². The Balaban J connectivity index is 2.27. The van der Waals surface area contributed by atoms with Crippen LogP contribution in [0.1, 0.15) is 33.3 Å². The molecular weight excluding hydrogens is 302 g/mol. The largest absolute Gasteiger partial charge is 0.415 e. The Morgan fingerprint density at radius 2 is 2.04 bits per heavy atom. The second kappa shape index (κ2) is 8.64. The van der Waals surface area contributed by atoms with Crippen molar-refractivity contribution >= 4 is 17.0 Å². The number of carbonyl (C=O) groups is 1. The highest BCUT2D eigenvalue weighted by molar-refractivity contribution is 5.87. The quantitative estimate of drug-likeness (QED) is 0.843. The van der Waals surface area contributed by atoms with E-state index in [1.54, 1.807) is 11.1 Å². The van der Waals surface area contributed by atoms with Crippen molar-refractivity contribution in [1.82, 2.24) is 15.2 Å². The molecule has 1 heterocycles. The molecule has 0 saturated heterocycles. The molecule has 1 amide bonds. The number of fused-ring (bicyclic) bond motifs is 1. The second-order valence-corrected chi connectivity index (χ2v) is 6.07. The summed E-state index contributed by atoms with van der Waals surface area (Å²) in [6.07, 6.45) is 2.26. The number of hydrogen-bond donors (Lipinski definition) is 1. The molecule has 0 aliphatic carbocycles. The summed E-state index contributed by atoms with van der Waals surface area (Å²) in [5.74, 6) is 0.532. The van der Waals surface area contributed by atoms with Crippen LogP contribution in [0.25, 0.3) is 10.9 Å². The maximum absolute atomic E-state index is 12.3. The monoisotopic (exact) mass is 329 g/mol. The Bertz CT molecular complexity index is 681. The molecule has 0 radical (unpaired) electrons. The average Bonchev–Trinajstić information content (AvgIpc) is 2.55. The first kappa shape index (κ1) is 18.2. The molecule has 130 valence electrons. The van der Waals surface area contributed by atoms with Gasteiger partial charge < -0.3 is 15.0 Å². The molecule has 2 rings (SSSR count). The highest BCUT2D eigenvalue weighted by Gasteiger charge is 2.15. The molecular formula is C19H27N3O2. The first-order valence-corrected chi connectivity index (χ1v) is 8.62. The van der Waals surface area contributed by atoms with Crippen molar-refractivity contribution in [2.24, 2.45) is 0 Å². The SMILES string of the molecule is CCN(CC)C(=O)Oc1cc(CCNC(C)C)cc2cccnc12. The predicted molar refractivity (Wildman–Crippen MR) is 97.5 cm³/mol. The van der Waals surface area contributed by atoms with E-state index in [0.29, 0.717) is 24.9 Å². The maximum atomic E-state index is 12.3. The normalized spacial score (nSPS) is 11.0. The highest BCUT2D eigenvalue weighted by atomic mass is 16.6. The molecule has 2 aromatic rings. The van der Waals surface area contributed by atoms with E-state index in [1.165, 1.54) is 0 Å². The van der Waals surface area contributed by atoms with E-state index in [0.717, 1.165) is 29.4 Å². The van der Waals surface area contributed by atoms with Crippen LogP contribution in [0.15, 0.2) is 30.5 Å². The molecule has 0 fully saturated rings. The van der Waals surface area contributed by atoms with Crippen molar-refractivity contribution in [1.29, 1.82) is 0 Å². The maximum Gasteiger partial charge on any atom is 0.415 e. The lowest BCUT2D eigenvalue weighted by Crippen LogP contribution is -2.33. The Hall–Kier alpha value is -2.14. The smallest absolute Gasteiger partial charge is 0.408 e. The van der Waals surface area contributed by atoms with Gasteiger partial charge in [0.25, 0.3) is 0 Å². The van der Waals surface area contributed by atoms with Crippen molar-refractivity contribution in [3.63, 3.8) is 0 Å². The average molecular weight is 329 g/mol. The lowest BCUT2D eigenvalue weighted by Gasteiger charge is -2.19. The third-order valence-corrected chi connectivity index (χ3v) is 3.91. The van der Waals surface area contributed by atoms with Crippen LogP contribution in [0.5, 0.6) is 5.75 Å². The van der Waals surface area contributed by atoms with Gasteiger partial charge in [0.15, 0.2) is 5.75 Å². The molecule has 0 aliphatic rings. The van der Waals surface area contributed by atoms with Crippen LogP contribution >= 0.6 is 0 Å². The topological polar surface area (TPSA) is 54.5 Å². The van der Waals surface area contributed by atoms with Crippen LogP contribution in [0, 0.1) is 0 Å². The van der Waals surface area contributed by atoms with E-state index in [9.17, 15) is 4.79 Å². The molecule has 5 nitrogen and oxygen atoms in total. The first-order chi connectivity index (χ1) is 11.5. The molecule has 1 aromatic heterocycles. The standard InChI is InChI=1S/C19H27N3O2/c1-5-22(6-2)19(23)24-17-13-15(9-11-20-14(3)4)12-16-8-7-10-21-18(16)17/h7-8,10,12-14,20H,5-6,9,11H2,1-4H3. The molecule has 0 atom stereocenters. The zero-order valence-electron chi connectivity index (χ0n) is 15.0. The number of ether oxygens (including phenoxy) is 1. The van der Waals surface area contributed by atoms with E-state index in [-0.39, 0.29) is 6.09 Å². The Morgan fingerprint density at radius 1 is 1.29 bits per heavy atom. The lowest BCUT2D eigenvalue weighted by atomic mass is 10.1. The van der Waals surface area contributed by atoms with Gasteiger partial charge in [-0.3, -0.25) is 4.98 Å². The van der Waals surface area contributed by atoms with Crippen molar-refractivity contribution in [2.45, 2.75) is 40.2 Å². The fourth-order valence-electron chi connectivity index (χ4n) is 2.59. The summed E-state index contributed by atoms with van der Waals surface area (Å²) in [5.41, 5.74) is 1.85. The predicted octanol–water partition coefficient (Wildman–Crippen LogP) is 3.62. The zero-order valence-corrected chi connectivity index (χ0v) is 15.0. The molecule has 1 N–H and O–H groups in total. The van der Waals surface area contributed by atoms with Gasteiger partial charge in [-0.15, -0.1) is 0 Å². The van der Waals surface area contributed by atoms with E-state index in [4.69, 9.17) is 4.74 Å². The number of aromatic nitrogens is 1. The summed E-state index contributed by atoms with van der Waals surface area (Å²) in [4.78, 5) is 18.3. The number of rotatable bonds is 7. The number of carbonyl (C=O) groups excluding carboxylic acids is 1. The van der Waals surface area contributed by atoms with Crippen LogP contribution in [-0.4, -0.2) is 41.7 Å². The van der Waals surface area contributed by atoms with E-state index in [1.807, 2.05) is 32.0 Å². The van der Waals surface area contributed by atoms with Gasteiger partial charge in [-0.2, -0.15) is 0 Å². The molecule has 1 aromatic carbocycles. The molecule has 0 bridgehead atoms. The summed E-state index contributed by atoms with van der Waals surface area (Å²) in [7, 11) is 0. The number of hydrogen-bond acceptors (Lipinski definition) is 4. The Labute approximate surface area is 144 Å². The zero-order chi connectivity index (χ0) is 17.5. The Kier molecular flexibility index (Phi) is 6.55. The van der Waals surface area contributed by atoms with Crippen LogP contribution in [0.2, 0.25) is 0 Å². The van der Waals surface area contributed by atoms with Crippen LogP contribution < -0.4 is 10.1 Å². The minimum absolute atomic E-state index is 0.329. The fourth-order valence-corrected chi connectivity index (χ4v) is 2.59. The summed E-state index contributed by atoms with van der Waals surface area (Å²) in [6, 6.07) is 8.38. The number of nitrogens with one attached hydrogen (secondary N) is 1. The van der Waals surface area contributed by atoms with Gasteiger partial charge in [0.05, 0.1) is 0 Å². The van der Waals surface area contributed by atoms with Crippen LogP contribution in [0.4, 0.5) is 4.79 Å². The minimum Gasteiger partial charge on any atom is -0.408 e. The number of nitrogens with zero attached hydrogens (tertiary/aromatic N) is 2.